The number of rotatable bonds is 5. The first-order valence-electron chi connectivity index (χ1n) is 6.27. The van der Waals surface area contributed by atoms with Crippen LogP contribution in [0.3, 0.4) is 0 Å². The minimum absolute atomic E-state index is 0.0124. The summed E-state index contributed by atoms with van der Waals surface area (Å²) in [5.41, 5.74) is 6.28. The first-order valence-corrected chi connectivity index (χ1v) is 6.27. The maximum atomic E-state index is 6.29. The molecule has 3 N–H and O–H groups in total. The molecule has 1 atom stereocenters. The topological polar surface area (TPSA) is 47.3 Å². The third-order valence-corrected chi connectivity index (χ3v) is 3.86. The van der Waals surface area contributed by atoms with Crippen LogP contribution in [0.25, 0.3) is 0 Å². The van der Waals surface area contributed by atoms with E-state index in [0.717, 1.165) is 51.0 Å². The Morgan fingerprint density at radius 1 is 1.40 bits per heavy atom. The second-order valence-electron chi connectivity index (χ2n) is 5.42. The largest absolute Gasteiger partial charge is 0.381 e. The Morgan fingerprint density at radius 2 is 2.07 bits per heavy atom. The number of nitrogens with one attached hydrogen (secondary N) is 1. The first kappa shape index (κ1) is 11.4. The highest BCUT2D eigenvalue weighted by Gasteiger charge is 2.30. The maximum absolute atomic E-state index is 6.29. The molecule has 1 heterocycles. The molecule has 1 saturated heterocycles. The van der Waals surface area contributed by atoms with Crippen LogP contribution >= 0.6 is 0 Å². The van der Waals surface area contributed by atoms with Crippen molar-refractivity contribution >= 4 is 0 Å². The SMILES string of the molecule is CC(CNCC1(N)CCOCC1)C1CC1. The third-order valence-electron chi connectivity index (χ3n) is 3.86. The number of nitrogens with two attached hydrogens (primary N) is 1. The predicted octanol–water partition coefficient (Wildman–Crippen LogP) is 1.13. The minimum Gasteiger partial charge on any atom is -0.381 e. The van der Waals surface area contributed by atoms with Gasteiger partial charge in [0.2, 0.25) is 0 Å². The van der Waals surface area contributed by atoms with E-state index >= 15 is 0 Å². The van der Waals surface area contributed by atoms with E-state index in [1.807, 2.05) is 0 Å². The van der Waals surface area contributed by atoms with Crippen molar-refractivity contribution in [2.24, 2.45) is 17.6 Å². The van der Waals surface area contributed by atoms with Crippen LogP contribution in [0.5, 0.6) is 0 Å². The van der Waals surface area contributed by atoms with Crippen molar-refractivity contribution in [2.75, 3.05) is 26.3 Å². The van der Waals surface area contributed by atoms with Gasteiger partial charge in [-0.05, 0) is 44.1 Å². The van der Waals surface area contributed by atoms with E-state index in [2.05, 4.69) is 12.2 Å². The lowest BCUT2D eigenvalue weighted by atomic mass is 9.91. The van der Waals surface area contributed by atoms with Gasteiger partial charge in [-0.1, -0.05) is 6.92 Å². The molecule has 1 saturated carbocycles. The number of hydrogen-bond acceptors (Lipinski definition) is 3. The molecule has 1 unspecified atom stereocenters. The standard InChI is InChI=1S/C12H24N2O/c1-10(11-2-3-11)8-14-9-12(13)4-6-15-7-5-12/h10-11,14H,2-9,13H2,1H3. The molecule has 0 amide bonds. The molecule has 2 aliphatic rings. The van der Waals surface area contributed by atoms with Gasteiger partial charge < -0.3 is 15.8 Å². The van der Waals surface area contributed by atoms with E-state index in [0.29, 0.717) is 0 Å². The molecular formula is C12H24N2O. The van der Waals surface area contributed by atoms with E-state index in [1.165, 1.54) is 12.8 Å². The van der Waals surface area contributed by atoms with Gasteiger partial charge in [-0.2, -0.15) is 0 Å². The van der Waals surface area contributed by atoms with Gasteiger partial charge in [0.1, 0.15) is 0 Å². The summed E-state index contributed by atoms with van der Waals surface area (Å²) in [6.07, 6.45) is 4.87. The maximum Gasteiger partial charge on any atom is 0.0484 e. The monoisotopic (exact) mass is 212 g/mol. The van der Waals surface area contributed by atoms with Crippen molar-refractivity contribution in [1.29, 1.82) is 0 Å². The van der Waals surface area contributed by atoms with E-state index < -0.39 is 0 Å². The van der Waals surface area contributed by atoms with E-state index in [4.69, 9.17) is 10.5 Å². The molecule has 15 heavy (non-hydrogen) atoms. The molecule has 0 aromatic carbocycles. The fourth-order valence-corrected chi connectivity index (χ4v) is 2.34. The van der Waals surface area contributed by atoms with Crippen LogP contribution in [0.2, 0.25) is 0 Å². The zero-order valence-electron chi connectivity index (χ0n) is 9.80. The van der Waals surface area contributed by atoms with Crippen molar-refractivity contribution in [3.63, 3.8) is 0 Å². The van der Waals surface area contributed by atoms with Gasteiger partial charge in [-0.3, -0.25) is 0 Å². The van der Waals surface area contributed by atoms with E-state index in [-0.39, 0.29) is 5.54 Å². The lowest BCUT2D eigenvalue weighted by Gasteiger charge is -2.34. The summed E-state index contributed by atoms with van der Waals surface area (Å²) < 4.78 is 5.33. The van der Waals surface area contributed by atoms with Gasteiger partial charge in [0, 0.05) is 25.3 Å². The molecule has 2 fully saturated rings. The van der Waals surface area contributed by atoms with Gasteiger partial charge in [0.05, 0.1) is 0 Å². The molecular weight excluding hydrogens is 188 g/mol. The van der Waals surface area contributed by atoms with Crippen molar-refractivity contribution < 1.29 is 4.74 Å². The average Bonchev–Trinajstić information content (AvgIpc) is 3.01. The highest BCUT2D eigenvalue weighted by atomic mass is 16.5. The molecule has 0 aromatic rings. The lowest BCUT2D eigenvalue weighted by molar-refractivity contribution is 0.0529. The minimum atomic E-state index is -0.0124. The molecule has 1 aliphatic heterocycles. The van der Waals surface area contributed by atoms with Crippen molar-refractivity contribution in [2.45, 2.75) is 38.1 Å². The molecule has 88 valence electrons. The predicted molar refractivity (Wildman–Crippen MR) is 61.7 cm³/mol. The molecule has 0 spiro atoms. The second-order valence-corrected chi connectivity index (χ2v) is 5.42. The van der Waals surface area contributed by atoms with Crippen LogP contribution < -0.4 is 11.1 Å². The highest BCUT2D eigenvalue weighted by molar-refractivity contribution is 4.89. The summed E-state index contributed by atoms with van der Waals surface area (Å²) in [7, 11) is 0. The van der Waals surface area contributed by atoms with Crippen molar-refractivity contribution in [1.82, 2.24) is 5.32 Å². The van der Waals surface area contributed by atoms with Crippen LogP contribution in [0, 0.1) is 11.8 Å². The highest BCUT2D eigenvalue weighted by Crippen LogP contribution is 2.36. The number of hydrogen-bond donors (Lipinski definition) is 2. The van der Waals surface area contributed by atoms with Crippen molar-refractivity contribution in [3.05, 3.63) is 0 Å². The Kier molecular flexibility index (Phi) is 3.65. The van der Waals surface area contributed by atoms with E-state index in [9.17, 15) is 0 Å². The molecule has 0 bridgehead atoms. The summed E-state index contributed by atoms with van der Waals surface area (Å²) >= 11 is 0. The van der Waals surface area contributed by atoms with Crippen molar-refractivity contribution in [3.8, 4) is 0 Å². The van der Waals surface area contributed by atoms with E-state index in [1.54, 1.807) is 0 Å². The van der Waals surface area contributed by atoms with Gasteiger partial charge in [0.25, 0.3) is 0 Å². The molecule has 0 radical (unpaired) electrons. The second kappa shape index (κ2) is 4.81. The summed E-state index contributed by atoms with van der Waals surface area (Å²) in [6, 6.07) is 0. The van der Waals surface area contributed by atoms with Crippen LogP contribution in [0.1, 0.15) is 32.6 Å². The van der Waals surface area contributed by atoms with Gasteiger partial charge in [-0.25, -0.2) is 0 Å². The number of ether oxygens (including phenoxy) is 1. The summed E-state index contributed by atoms with van der Waals surface area (Å²) in [5, 5.41) is 3.54. The Bertz CT molecular complexity index is 198. The van der Waals surface area contributed by atoms with Crippen LogP contribution in [0.15, 0.2) is 0 Å². The molecule has 1 aliphatic carbocycles. The lowest BCUT2D eigenvalue weighted by Crippen LogP contribution is -2.52. The van der Waals surface area contributed by atoms with Crippen LogP contribution in [-0.4, -0.2) is 31.8 Å². The Labute approximate surface area is 92.7 Å². The fourth-order valence-electron chi connectivity index (χ4n) is 2.34. The Morgan fingerprint density at radius 3 is 2.67 bits per heavy atom. The fraction of sp³-hybridized carbons (Fsp3) is 1.00. The van der Waals surface area contributed by atoms with Gasteiger partial charge >= 0.3 is 0 Å². The average molecular weight is 212 g/mol. The zero-order valence-corrected chi connectivity index (χ0v) is 9.80. The smallest absolute Gasteiger partial charge is 0.0484 e. The summed E-state index contributed by atoms with van der Waals surface area (Å²) in [5.74, 6) is 1.81. The van der Waals surface area contributed by atoms with Gasteiger partial charge in [-0.15, -0.1) is 0 Å². The van der Waals surface area contributed by atoms with Crippen LogP contribution in [0.4, 0.5) is 0 Å². The van der Waals surface area contributed by atoms with Gasteiger partial charge in [0.15, 0.2) is 0 Å². The molecule has 3 heteroatoms. The molecule has 3 nitrogen and oxygen atoms in total. The zero-order chi connectivity index (χ0) is 10.7. The molecule has 0 aromatic heterocycles. The third kappa shape index (κ3) is 3.44. The quantitative estimate of drug-likeness (QED) is 0.718. The Hall–Kier alpha value is -0.120. The first-order chi connectivity index (χ1) is 7.20. The molecule has 2 rings (SSSR count). The summed E-state index contributed by atoms with van der Waals surface area (Å²) in [4.78, 5) is 0. The normalized spacial score (nSPS) is 27.6. The Balaban J connectivity index is 1.63. The van der Waals surface area contributed by atoms with Crippen LogP contribution in [-0.2, 0) is 4.74 Å². The summed E-state index contributed by atoms with van der Waals surface area (Å²) in [6.45, 7) is 6.09.